The molecule has 0 radical (unpaired) electrons. The zero-order valence-corrected chi connectivity index (χ0v) is 20.0. The number of aromatic nitrogens is 2. The number of hydrogen-bond acceptors (Lipinski definition) is 6. The summed E-state index contributed by atoms with van der Waals surface area (Å²) in [6, 6.07) is 7.74. The van der Waals surface area contributed by atoms with Gasteiger partial charge in [0.05, 0.1) is 11.6 Å². The van der Waals surface area contributed by atoms with Crippen LogP contribution in [0.5, 0.6) is 5.75 Å². The molecule has 1 fully saturated rings. The topological polar surface area (TPSA) is 125 Å². The number of nitrogens with one attached hydrogen (secondary N) is 1. The fourth-order valence-electron chi connectivity index (χ4n) is 4.36. The van der Waals surface area contributed by atoms with Crippen molar-refractivity contribution in [1.29, 1.82) is 0 Å². The molecule has 190 valence electrons. The van der Waals surface area contributed by atoms with Crippen molar-refractivity contribution in [2.24, 2.45) is 0 Å². The van der Waals surface area contributed by atoms with Crippen molar-refractivity contribution in [3.05, 3.63) is 69.4 Å². The average Bonchev–Trinajstić information content (AvgIpc) is 2.85. The SMILES string of the molecule is C[C@@H](O)CNC(=O)c1c(O)c2ncc(Cc3ccc(F)cc3)cc2n(CCN2CCCCC2=O)c1=O. The number of likely N-dealkylation sites (tertiary alicyclic amines) is 1. The first-order valence-corrected chi connectivity index (χ1v) is 12.0. The quantitative estimate of drug-likeness (QED) is 0.438. The smallest absolute Gasteiger partial charge is 0.267 e. The summed E-state index contributed by atoms with van der Waals surface area (Å²) in [4.78, 5) is 44.6. The first-order chi connectivity index (χ1) is 17.2. The van der Waals surface area contributed by atoms with E-state index in [0.717, 1.165) is 24.0 Å². The van der Waals surface area contributed by atoms with Gasteiger partial charge in [-0.15, -0.1) is 0 Å². The minimum absolute atomic E-state index is 0.0161. The molecule has 3 N–H and O–H groups in total. The monoisotopic (exact) mass is 496 g/mol. The third-order valence-electron chi connectivity index (χ3n) is 6.26. The Balaban J connectivity index is 1.76. The van der Waals surface area contributed by atoms with E-state index in [9.17, 15) is 29.0 Å². The van der Waals surface area contributed by atoms with Gasteiger partial charge in [0.25, 0.3) is 11.5 Å². The summed E-state index contributed by atoms with van der Waals surface area (Å²) in [6.07, 6.45) is 3.29. The van der Waals surface area contributed by atoms with E-state index < -0.39 is 28.9 Å². The number of nitrogens with zero attached hydrogens (tertiary/aromatic N) is 3. The maximum absolute atomic E-state index is 13.5. The number of benzene rings is 1. The Morgan fingerprint density at radius 3 is 2.61 bits per heavy atom. The number of hydrogen-bond donors (Lipinski definition) is 3. The fourth-order valence-corrected chi connectivity index (χ4v) is 4.36. The first kappa shape index (κ1) is 25.3. The van der Waals surface area contributed by atoms with Gasteiger partial charge in [-0.1, -0.05) is 12.1 Å². The number of aliphatic hydroxyl groups excluding tert-OH is 1. The van der Waals surface area contributed by atoms with Gasteiger partial charge in [0.2, 0.25) is 5.91 Å². The lowest BCUT2D eigenvalue weighted by atomic mass is 10.1. The van der Waals surface area contributed by atoms with Crippen LogP contribution in [0.3, 0.4) is 0 Å². The molecule has 0 spiro atoms. The number of carbonyl (C=O) groups is 2. The fraction of sp³-hybridized carbons (Fsp3) is 0.385. The van der Waals surface area contributed by atoms with Gasteiger partial charge < -0.3 is 25.0 Å². The second kappa shape index (κ2) is 10.9. The van der Waals surface area contributed by atoms with Gasteiger partial charge in [0, 0.05) is 38.8 Å². The molecule has 2 amide bonds. The molecule has 1 aliphatic heterocycles. The molecule has 0 aliphatic carbocycles. The molecular weight excluding hydrogens is 467 g/mol. The zero-order chi connectivity index (χ0) is 25.8. The van der Waals surface area contributed by atoms with E-state index in [1.54, 1.807) is 23.1 Å². The van der Waals surface area contributed by atoms with Gasteiger partial charge in [0.1, 0.15) is 16.9 Å². The minimum Gasteiger partial charge on any atom is -0.505 e. The Hall–Kier alpha value is -3.79. The summed E-state index contributed by atoms with van der Waals surface area (Å²) in [6.45, 7) is 2.37. The van der Waals surface area contributed by atoms with Crippen LogP contribution in [0.4, 0.5) is 4.39 Å². The molecule has 0 saturated carbocycles. The van der Waals surface area contributed by atoms with Gasteiger partial charge >= 0.3 is 0 Å². The molecule has 0 unspecified atom stereocenters. The summed E-state index contributed by atoms with van der Waals surface area (Å²) in [5, 5.41) is 22.8. The van der Waals surface area contributed by atoms with Gasteiger partial charge in [-0.05, 0) is 55.5 Å². The van der Waals surface area contributed by atoms with Crippen molar-refractivity contribution in [1.82, 2.24) is 19.8 Å². The number of aliphatic hydroxyl groups is 1. The number of carbonyl (C=O) groups excluding carboxylic acids is 2. The molecule has 0 bridgehead atoms. The van der Waals surface area contributed by atoms with E-state index in [1.165, 1.54) is 29.8 Å². The van der Waals surface area contributed by atoms with Crippen LogP contribution in [0.1, 0.15) is 47.7 Å². The summed E-state index contributed by atoms with van der Waals surface area (Å²) < 4.78 is 14.6. The van der Waals surface area contributed by atoms with Crippen molar-refractivity contribution in [3.63, 3.8) is 0 Å². The number of halogens is 1. The molecule has 36 heavy (non-hydrogen) atoms. The zero-order valence-electron chi connectivity index (χ0n) is 20.0. The highest BCUT2D eigenvalue weighted by Crippen LogP contribution is 2.26. The Kier molecular flexibility index (Phi) is 7.64. The van der Waals surface area contributed by atoms with Crippen molar-refractivity contribution >= 4 is 22.8 Å². The van der Waals surface area contributed by atoms with Crippen molar-refractivity contribution in [2.75, 3.05) is 19.6 Å². The molecule has 1 aromatic carbocycles. The summed E-state index contributed by atoms with van der Waals surface area (Å²) in [5.41, 5.74) is 0.782. The van der Waals surface area contributed by atoms with Crippen LogP contribution in [0.15, 0.2) is 41.3 Å². The summed E-state index contributed by atoms with van der Waals surface area (Å²) in [5.74, 6) is -1.69. The van der Waals surface area contributed by atoms with Crippen LogP contribution in [-0.2, 0) is 17.8 Å². The molecule has 2 aromatic heterocycles. The summed E-state index contributed by atoms with van der Waals surface area (Å²) >= 11 is 0. The average molecular weight is 497 g/mol. The van der Waals surface area contributed by atoms with E-state index in [-0.39, 0.29) is 36.9 Å². The Bertz CT molecular complexity index is 1340. The second-order valence-electron chi connectivity index (χ2n) is 9.09. The van der Waals surface area contributed by atoms with E-state index in [2.05, 4.69) is 10.3 Å². The van der Waals surface area contributed by atoms with Crippen molar-refractivity contribution in [3.8, 4) is 5.75 Å². The van der Waals surface area contributed by atoms with Gasteiger partial charge in [0.15, 0.2) is 5.75 Å². The predicted octanol–water partition coefficient (Wildman–Crippen LogP) is 1.96. The Labute approximate surface area is 207 Å². The van der Waals surface area contributed by atoms with Gasteiger partial charge in [-0.2, -0.15) is 0 Å². The van der Waals surface area contributed by atoms with Crippen LogP contribution < -0.4 is 10.9 Å². The van der Waals surface area contributed by atoms with Gasteiger partial charge in [-0.25, -0.2) is 4.39 Å². The highest BCUT2D eigenvalue weighted by molar-refractivity contribution is 6.01. The molecule has 1 atom stereocenters. The molecule has 3 aromatic rings. The highest BCUT2D eigenvalue weighted by atomic mass is 19.1. The van der Waals surface area contributed by atoms with Crippen LogP contribution in [0.25, 0.3) is 11.0 Å². The minimum atomic E-state index is -0.837. The maximum Gasteiger partial charge on any atom is 0.267 e. The van der Waals surface area contributed by atoms with E-state index in [4.69, 9.17) is 0 Å². The lowest BCUT2D eigenvalue weighted by Crippen LogP contribution is -2.40. The number of fused-ring (bicyclic) bond motifs is 1. The summed E-state index contributed by atoms with van der Waals surface area (Å²) in [7, 11) is 0. The maximum atomic E-state index is 13.5. The standard InChI is InChI=1S/C26H29FN4O5/c1-16(32)14-29-25(35)22-24(34)23-20(13-18(15-28-23)12-17-5-7-19(27)8-6-17)31(26(22)36)11-10-30-9-3-2-4-21(30)33/h5-8,13,15-16,32,34H,2-4,9-12,14H2,1H3,(H,29,35)/t16-/m1/s1. The third kappa shape index (κ3) is 5.54. The molecule has 4 rings (SSSR count). The molecule has 9 nitrogen and oxygen atoms in total. The predicted molar refractivity (Wildman–Crippen MR) is 131 cm³/mol. The van der Waals surface area contributed by atoms with Gasteiger partial charge in [-0.3, -0.25) is 19.4 Å². The second-order valence-corrected chi connectivity index (χ2v) is 9.09. The normalized spacial score (nSPS) is 14.8. The number of piperidine rings is 1. The molecule has 10 heteroatoms. The lowest BCUT2D eigenvalue weighted by Gasteiger charge is -2.27. The van der Waals surface area contributed by atoms with Crippen LogP contribution in [0.2, 0.25) is 0 Å². The highest BCUT2D eigenvalue weighted by Gasteiger charge is 2.25. The van der Waals surface area contributed by atoms with E-state index in [1.807, 2.05) is 0 Å². The number of pyridine rings is 2. The van der Waals surface area contributed by atoms with Crippen LogP contribution in [-0.4, -0.2) is 62.2 Å². The van der Waals surface area contributed by atoms with Crippen LogP contribution >= 0.6 is 0 Å². The lowest BCUT2D eigenvalue weighted by molar-refractivity contribution is -0.133. The van der Waals surface area contributed by atoms with E-state index in [0.29, 0.717) is 24.9 Å². The number of aromatic hydroxyl groups is 1. The Morgan fingerprint density at radius 2 is 1.92 bits per heavy atom. The molecule has 1 aliphatic rings. The Morgan fingerprint density at radius 1 is 1.17 bits per heavy atom. The molecular formula is C26H29FN4O5. The molecule has 3 heterocycles. The van der Waals surface area contributed by atoms with Crippen LogP contribution in [0, 0.1) is 5.82 Å². The molecule has 1 saturated heterocycles. The van der Waals surface area contributed by atoms with Crippen molar-refractivity contribution < 1.29 is 24.2 Å². The number of rotatable bonds is 8. The van der Waals surface area contributed by atoms with Crippen molar-refractivity contribution in [2.45, 2.75) is 45.3 Å². The number of amides is 2. The van der Waals surface area contributed by atoms with E-state index >= 15 is 0 Å². The third-order valence-corrected chi connectivity index (χ3v) is 6.26. The largest absolute Gasteiger partial charge is 0.505 e. The first-order valence-electron chi connectivity index (χ1n) is 12.0.